The van der Waals surface area contributed by atoms with Crippen LogP contribution in [0.15, 0.2) is 47.4 Å². The third-order valence-electron chi connectivity index (χ3n) is 11.7. The summed E-state index contributed by atoms with van der Waals surface area (Å²) in [4.78, 5) is 44.6. The van der Waals surface area contributed by atoms with Crippen molar-refractivity contribution in [3.63, 3.8) is 0 Å². The maximum atomic E-state index is 14.3. The van der Waals surface area contributed by atoms with Crippen LogP contribution in [0.3, 0.4) is 0 Å². The van der Waals surface area contributed by atoms with Gasteiger partial charge in [0.1, 0.15) is 0 Å². The van der Waals surface area contributed by atoms with Gasteiger partial charge < -0.3 is 23.9 Å². The molecular formula is C39H61N3O5Si. The number of pyridine rings is 1. The van der Waals surface area contributed by atoms with Gasteiger partial charge in [-0.25, -0.2) is 0 Å². The normalized spacial score (nSPS) is 21.2. The van der Waals surface area contributed by atoms with Crippen molar-refractivity contribution < 1.29 is 19.1 Å². The standard InChI is InChI=1S/C39H61N3O5Si/c1-37(2,3)48(8,9)47-23-20-31(24-29-16-12-10-13-17-29)35(44)41-22-21-39(46,38(4,5)27-41)28-42-26-33(36(45)40(6)7)32(25-34(42)43)30-18-14-11-15-19-30/h11,14-15,18-19,25-26,29,31,46H,10,12-13,16-17,20-24,27-28H2,1-9H3. The summed E-state index contributed by atoms with van der Waals surface area (Å²) in [6.45, 7) is 16.7. The van der Waals surface area contributed by atoms with E-state index in [1.807, 2.05) is 49.1 Å². The van der Waals surface area contributed by atoms with Crippen LogP contribution in [-0.2, 0) is 15.8 Å². The first kappa shape index (κ1) is 38.1. The second-order valence-corrected chi connectivity index (χ2v) is 21.7. The van der Waals surface area contributed by atoms with Crippen molar-refractivity contribution in [3.8, 4) is 11.1 Å². The van der Waals surface area contributed by atoms with Gasteiger partial charge in [0.15, 0.2) is 8.32 Å². The highest BCUT2D eigenvalue weighted by molar-refractivity contribution is 6.74. The number of carbonyl (C=O) groups is 2. The summed E-state index contributed by atoms with van der Waals surface area (Å²) in [6.07, 6.45) is 9.69. The highest BCUT2D eigenvalue weighted by atomic mass is 28.4. The van der Waals surface area contributed by atoms with Crippen molar-refractivity contribution in [2.75, 3.05) is 33.8 Å². The molecule has 2 heterocycles. The molecule has 0 spiro atoms. The van der Waals surface area contributed by atoms with E-state index in [9.17, 15) is 19.5 Å². The molecule has 1 N–H and O–H groups in total. The molecule has 2 unspecified atom stereocenters. The fourth-order valence-electron chi connectivity index (χ4n) is 7.19. The predicted molar refractivity (Wildman–Crippen MR) is 197 cm³/mol. The molecule has 2 amide bonds. The number of aliphatic hydroxyl groups is 1. The molecule has 2 aromatic rings. The minimum atomic E-state index is -1.93. The van der Waals surface area contributed by atoms with E-state index in [1.165, 1.54) is 47.6 Å². The largest absolute Gasteiger partial charge is 0.417 e. The lowest BCUT2D eigenvalue weighted by Crippen LogP contribution is -2.61. The number of likely N-dealkylation sites (tertiary alicyclic amines) is 1. The Balaban J connectivity index is 1.54. The van der Waals surface area contributed by atoms with Crippen molar-refractivity contribution in [1.82, 2.24) is 14.4 Å². The molecule has 8 nitrogen and oxygen atoms in total. The lowest BCUT2D eigenvalue weighted by molar-refractivity contribution is -0.158. The van der Waals surface area contributed by atoms with Crippen molar-refractivity contribution >= 4 is 20.1 Å². The molecule has 1 aromatic carbocycles. The molecule has 4 rings (SSSR count). The van der Waals surface area contributed by atoms with Gasteiger partial charge in [-0.3, -0.25) is 14.4 Å². The molecule has 2 atom stereocenters. The summed E-state index contributed by atoms with van der Waals surface area (Å²) in [7, 11) is 1.45. The number of piperidine rings is 1. The molecule has 2 aliphatic rings. The lowest BCUT2D eigenvalue weighted by Gasteiger charge is -2.51. The molecule has 48 heavy (non-hydrogen) atoms. The van der Waals surface area contributed by atoms with Gasteiger partial charge in [-0.2, -0.15) is 0 Å². The van der Waals surface area contributed by atoms with E-state index in [4.69, 9.17) is 4.43 Å². The van der Waals surface area contributed by atoms with Crippen LogP contribution in [0.2, 0.25) is 18.1 Å². The van der Waals surface area contributed by atoms with Crippen LogP contribution >= 0.6 is 0 Å². The van der Waals surface area contributed by atoms with E-state index in [1.54, 1.807) is 20.3 Å². The predicted octanol–water partition coefficient (Wildman–Crippen LogP) is 7.21. The topological polar surface area (TPSA) is 92.1 Å². The highest BCUT2D eigenvalue weighted by Gasteiger charge is 2.49. The van der Waals surface area contributed by atoms with Gasteiger partial charge >= 0.3 is 0 Å². The molecular weight excluding hydrogens is 619 g/mol. The van der Waals surface area contributed by atoms with Crippen LogP contribution in [0.4, 0.5) is 0 Å². The molecule has 1 saturated carbocycles. The molecule has 0 radical (unpaired) electrons. The SMILES string of the molecule is CN(C)C(=O)c1cn(CC2(O)CCN(C(=O)C(CCO[Si](C)(C)C(C)(C)C)CC3CCCCC3)CC2(C)C)c(=O)cc1-c1ccccc1. The summed E-state index contributed by atoms with van der Waals surface area (Å²) in [5, 5.41) is 12.3. The Kier molecular flexibility index (Phi) is 11.9. The van der Waals surface area contributed by atoms with E-state index in [2.05, 4.69) is 33.9 Å². The second-order valence-electron chi connectivity index (χ2n) is 16.9. The van der Waals surface area contributed by atoms with Crippen molar-refractivity contribution in [1.29, 1.82) is 0 Å². The summed E-state index contributed by atoms with van der Waals surface area (Å²) < 4.78 is 8.03. The maximum Gasteiger partial charge on any atom is 0.255 e. The quantitative estimate of drug-likeness (QED) is 0.254. The third kappa shape index (κ3) is 8.69. The zero-order valence-electron chi connectivity index (χ0n) is 31.1. The highest BCUT2D eigenvalue weighted by Crippen LogP contribution is 2.42. The van der Waals surface area contributed by atoms with Gasteiger partial charge in [0.2, 0.25) is 5.91 Å². The number of rotatable bonds is 11. The molecule has 0 bridgehead atoms. The van der Waals surface area contributed by atoms with E-state index < -0.39 is 19.3 Å². The Morgan fingerprint density at radius 2 is 1.73 bits per heavy atom. The number of hydrogen-bond donors (Lipinski definition) is 1. The van der Waals surface area contributed by atoms with Crippen LogP contribution in [0.1, 0.15) is 96.3 Å². The average Bonchev–Trinajstić information content (AvgIpc) is 3.02. The smallest absolute Gasteiger partial charge is 0.255 e. The van der Waals surface area contributed by atoms with Gasteiger partial charge in [0, 0.05) is 63.0 Å². The van der Waals surface area contributed by atoms with Crippen molar-refractivity contribution in [2.45, 2.75) is 116 Å². The number of hydrogen-bond acceptors (Lipinski definition) is 5. The fraction of sp³-hybridized carbons (Fsp3) is 0.667. The lowest BCUT2D eigenvalue weighted by atomic mass is 9.69. The van der Waals surface area contributed by atoms with Gasteiger partial charge in [-0.1, -0.05) is 97.1 Å². The Morgan fingerprint density at radius 1 is 1.08 bits per heavy atom. The minimum Gasteiger partial charge on any atom is -0.417 e. The molecule has 1 aliphatic heterocycles. The van der Waals surface area contributed by atoms with E-state index in [0.717, 1.165) is 18.4 Å². The Morgan fingerprint density at radius 3 is 2.31 bits per heavy atom. The van der Waals surface area contributed by atoms with E-state index >= 15 is 0 Å². The Bertz CT molecular complexity index is 1470. The van der Waals surface area contributed by atoms with Gasteiger partial charge in [-0.05, 0) is 48.9 Å². The zero-order chi connectivity index (χ0) is 35.5. The maximum absolute atomic E-state index is 14.3. The molecule has 1 aliphatic carbocycles. The van der Waals surface area contributed by atoms with Crippen LogP contribution in [0.5, 0.6) is 0 Å². The molecule has 2 fully saturated rings. The average molecular weight is 680 g/mol. The summed E-state index contributed by atoms with van der Waals surface area (Å²) in [6, 6.07) is 10.9. The second kappa shape index (κ2) is 15.0. The summed E-state index contributed by atoms with van der Waals surface area (Å²) in [5.41, 5.74) is -0.465. The summed E-state index contributed by atoms with van der Waals surface area (Å²) in [5.74, 6) is 0.418. The first-order valence-corrected chi connectivity index (χ1v) is 20.9. The number of amides is 2. The molecule has 9 heteroatoms. The summed E-state index contributed by atoms with van der Waals surface area (Å²) >= 11 is 0. The molecule has 1 saturated heterocycles. The monoisotopic (exact) mass is 679 g/mol. The van der Waals surface area contributed by atoms with E-state index in [0.29, 0.717) is 43.2 Å². The van der Waals surface area contributed by atoms with E-state index in [-0.39, 0.29) is 34.9 Å². The first-order chi connectivity index (χ1) is 22.3. The Hall–Kier alpha value is -2.75. The van der Waals surface area contributed by atoms with Crippen LogP contribution in [-0.4, -0.2) is 79.0 Å². The van der Waals surface area contributed by atoms with Crippen molar-refractivity contribution in [3.05, 3.63) is 58.5 Å². The minimum absolute atomic E-state index is 0.0372. The zero-order valence-corrected chi connectivity index (χ0v) is 32.1. The number of aromatic nitrogens is 1. The van der Waals surface area contributed by atoms with Crippen LogP contribution in [0.25, 0.3) is 11.1 Å². The van der Waals surface area contributed by atoms with Gasteiger partial charge in [0.25, 0.3) is 11.5 Å². The van der Waals surface area contributed by atoms with Crippen molar-refractivity contribution in [2.24, 2.45) is 17.3 Å². The fourth-order valence-corrected chi connectivity index (χ4v) is 8.25. The van der Waals surface area contributed by atoms with Crippen LogP contribution in [0, 0.1) is 17.3 Å². The number of carbonyl (C=O) groups excluding carboxylic acids is 2. The molecule has 266 valence electrons. The number of nitrogens with zero attached hydrogens (tertiary/aromatic N) is 3. The van der Waals surface area contributed by atoms with Gasteiger partial charge in [0.05, 0.1) is 17.7 Å². The van der Waals surface area contributed by atoms with Crippen LogP contribution < -0.4 is 5.56 Å². The van der Waals surface area contributed by atoms with Gasteiger partial charge in [-0.15, -0.1) is 0 Å². The first-order valence-electron chi connectivity index (χ1n) is 18.0. The molecule has 1 aromatic heterocycles. The number of benzene rings is 1. The third-order valence-corrected chi connectivity index (χ3v) is 16.2. The Labute approximate surface area is 290 Å².